The van der Waals surface area contributed by atoms with Gasteiger partial charge in [0.1, 0.15) is 4.34 Å². The number of hydrogen-bond acceptors (Lipinski definition) is 2. The van der Waals surface area contributed by atoms with Crippen molar-refractivity contribution in [2.45, 2.75) is 40.0 Å². The van der Waals surface area contributed by atoms with Crippen molar-refractivity contribution in [3.63, 3.8) is 0 Å². The molecule has 1 heterocycles. The molecule has 1 atom stereocenters. The zero-order valence-corrected chi connectivity index (χ0v) is 14.6. The molecule has 104 valence electrons. The summed E-state index contributed by atoms with van der Waals surface area (Å²) in [6.07, 6.45) is 3.64. The maximum Gasteiger partial charge on any atom is 0.107 e. The minimum Gasteiger partial charge on any atom is -0.316 e. The van der Waals surface area contributed by atoms with E-state index in [1.165, 1.54) is 17.7 Å². The van der Waals surface area contributed by atoms with Crippen LogP contribution in [0.25, 0.3) is 0 Å². The zero-order valence-electron chi connectivity index (χ0n) is 11.4. The number of nitrogens with one attached hydrogen (secondary N) is 1. The summed E-state index contributed by atoms with van der Waals surface area (Å²) in [7, 11) is 0. The quantitative estimate of drug-likeness (QED) is 0.620. The van der Waals surface area contributed by atoms with Crippen LogP contribution in [-0.4, -0.2) is 13.1 Å². The third kappa shape index (κ3) is 6.55. The van der Waals surface area contributed by atoms with Crippen molar-refractivity contribution in [2.75, 3.05) is 13.1 Å². The lowest BCUT2D eigenvalue weighted by Gasteiger charge is -2.12. The normalized spacial score (nSPS) is 13.2. The highest BCUT2D eigenvalue weighted by Crippen LogP contribution is 2.33. The monoisotopic (exact) mass is 351 g/mol. The van der Waals surface area contributed by atoms with Crippen LogP contribution in [0.15, 0.2) is 10.5 Å². The Hall–Kier alpha value is 0.430. The largest absolute Gasteiger partial charge is 0.316 e. The summed E-state index contributed by atoms with van der Waals surface area (Å²) in [6, 6.07) is 2.15. The Kier molecular flexibility index (Phi) is 7.85. The molecule has 4 heteroatoms. The molecule has 1 N–H and O–H groups in total. The first-order valence-corrected chi connectivity index (χ1v) is 8.62. The molecule has 1 aromatic rings. The van der Waals surface area contributed by atoms with Gasteiger partial charge < -0.3 is 5.32 Å². The van der Waals surface area contributed by atoms with Crippen LogP contribution in [0.4, 0.5) is 0 Å². The molecule has 0 saturated heterocycles. The van der Waals surface area contributed by atoms with E-state index in [4.69, 9.17) is 11.6 Å². The van der Waals surface area contributed by atoms with Crippen molar-refractivity contribution < 1.29 is 0 Å². The van der Waals surface area contributed by atoms with Crippen molar-refractivity contribution in [1.29, 1.82) is 0 Å². The summed E-state index contributed by atoms with van der Waals surface area (Å²) in [6.45, 7) is 9.08. The first-order valence-electron chi connectivity index (χ1n) is 6.63. The highest BCUT2D eigenvalue weighted by molar-refractivity contribution is 9.10. The number of rotatable bonds is 8. The topological polar surface area (TPSA) is 12.0 Å². The molecular weight excluding hydrogens is 330 g/mol. The lowest BCUT2D eigenvalue weighted by Crippen LogP contribution is -2.22. The van der Waals surface area contributed by atoms with E-state index in [1.54, 1.807) is 11.3 Å². The molecule has 0 fully saturated rings. The zero-order chi connectivity index (χ0) is 13.5. The minimum atomic E-state index is 0.742. The Labute approximate surface area is 128 Å². The standard InChI is InChI=1S/C14H23BrClNS/c1-10(2)9-17-7-6-11(3)4-5-12-8-13(15)14(16)18-12/h8,10-11,17H,4-7,9H2,1-3H3. The molecule has 1 nitrogen and oxygen atoms in total. The second-order valence-electron chi connectivity index (χ2n) is 5.36. The summed E-state index contributed by atoms with van der Waals surface area (Å²) >= 11 is 11.2. The fourth-order valence-corrected chi connectivity index (χ4v) is 3.59. The first-order chi connectivity index (χ1) is 8.49. The molecule has 0 saturated carbocycles. The molecule has 0 bridgehead atoms. The molecule has 0 aliphatic rings. The average molecular weight is 353 g/mol. The van der Waals surface area contributed by atoms with E-state index in [-0.39, 0.29) is 0 Å². The van der Waals surface area contributed by atoms with Gasteiger partial charge >= 0.3 is 0 Å². The van der Waals surface area contributed by atoms with Gasteiger partial charge in [0.25, 0.3) is 0 Å². The van der Waals surface area contributed by atoms with E-state index >= 15 is 0 Å². The van der Waals surface area contributed by atoms with Gasteiger partial charge in [-0.25, -0.2) is 0 Å². The predicted molar refractivity (Wildman–Crippen MR) is 86.8 cm³/mol. The molecule has 0 spiro atoms. The van der Waals surface area contributed by atoms with Crippen LogP contribution in [0, 0.1) is 11.8 Å². The SMILES string of the molecule is CC(C)CNCCC(C)CCc1cc(Br)c(Cl)s1. The predicted octanol–water partition coefficient (Wildman–Crippen LogP) is 5.37. The number of aryl methyl sites for hydroxylation is 1. The summed E-state index contributed by atoms with van der Waals surface area (Å²) in [5.41, 5.74) is 0. The summed E-state index contributed by atoms with van der Waals surface area (Å²) in [5.74, 6) is 1.51. The van der Waals surface area contributed by atoms with Crippen molar-refractivity contribution in [3.05, 3.63) is 19.8 Å². The van der Waals surface area contributed by atoms with E-state index in [2.05, 4.69) is 48.1 Å². The molecule has 0 aromatic carbocycles. The second-order valence-corrected chi connectivity index (χ2v) is 7.96. The smallest absolute Gasteiger partial charge is 0.107 e. The van der Waals surface area contributed by atoms with Crippen LogP contribution >= 0.6 is 38.9 Å². The van der Waals surface area contributed by atoms with Gasteiger partial charge in [-0.2, -0.15) is 0 Å². The maximum atomic E-state index is 6.04. The third-order valence-electron chi connectivity index (χ3n) is 2.95. The Morgan fingerprint density at radius 2 is 2.06 bits per heavy atom. The van der Waals surface area contributed by atoms with Gasteiger partial charge in [-0.1, -0.05) is 32.4 Å². The van der Waals surface area contributed by atoms with Gasteiger partial charge in [-0.05, 0) is 66.2 Å². The van der Waals surface area contributed by atoms with Crippen LogP contribution in [-0.2, 0) is 6.42 Å². The first kappa shape index (κ1) is 16.5. The molecule has 0 aliphatic heterocycles. The lowest BCUT2D eigenvalue weighted by atomic mass is 10.0. The molecular formula is C14H23BrClNS. The molecule has 0 aliphatic carbocycles. The van der Waals surface area contributed by atoms with Crippen molar-refractivity contribution in [2.24, 2.45) is 11.8 Å². The van der Waals surface area contributed by atoms with E-state index in [1.807, 2.05) is 0 Å². The van der Waals surface area contributed by atoms with Crippen molar-refractivity contribution in [3.8, 4) is 0 Å². The highest BCUT2D eigenvalue weighted by atomic mass is 79.9. The number of halogens is 2. The van der Waals surface area contributed by atoms with E-state index in [0.29, 0.717) is 0 Å². The lowest BCUT2D eigenvalue weighted by molar-refractivity contribution is 0.455. The van der Waals surface area contributed by atoms with Crippen LogP contribution in [0.3, 0.4) is 0 Å². The molecule has 18 heavy (non-hydrogen) atoms. The van der Waals surface area contributed by atoms with Crippen LogP contribution < -0.4 is 5.32 Å². The number of thiophene rings is 1. The molecule has 1 rings (SSSR count). The van der Waals surface area contributed by atoms with Crippen LogP contribution in [0.1, 0.15) is 38.5 Å². The highest BCUT2D eigenvalue weighted by Gasteiger charge is 2.07. The summed E-state index contributed by atoms with van der Waals surface area (Å²) in [5, 5.41) is 3.50. The molecule has 1 unspecified atom stereocenters. The fourth-order valence-electron chi connectivity index (χ4n) is 1.79. The second kappa shape index (κ2) is 8.57. The number of hydrogen-bond donors (Lipinski definition) is 1. The molecule has 1 aromatic heterocycles. The minimum absolute atomic E-state index is 0.742. The van der Waals surface area contributed by atoms with Gasteiger partial charge in [0.05, 0.1) is 0 Å². The summed E-state index contributed by atoms with van der Waals surface area (Å²) in [4.78, 5) is 1.38. The Morgan fingerprint density at radius 3 is 2.61 bits per heavy atom. The van der Waals surface area contributed by atoms with Crippen LogP contribution in [0.2, 0.25) is 4.34 Å². The van der Waals surface area contributed by atoms with E-state index < -0.39 is 0 Å². The van der Waals surface area contributed by atoms with E-state index in [9.17, 15) is 0 Å². The third-order valence-corrected chi connectivity index (χ3v) is 5.48. The van der Waals surface area contributed by atoms with Crippen molar-refractivity contribution in [1.82, 2.24) is 5.32 Å². The molecule has 0 amide bonds. The van der Waals surface area contributed by atoms with Gasteiger partial charge in [-0.15, -0.1) is 11.3 Å². The average Bonchev–Trinajstić information content (AvgIpc) is 2.61. The van der Waals surface area contributed by atoms with Crippen molar-refractivity contribution >= 4 is 38.9 Å². The summed E-state index contributed by atoms with van der Waals surface area (Å²) < 4.78 is 1.91. The Bertz CT molecular complexity index is 332. The van der Waals surface area contributed by atoms with Gasteiger partial charge in [0.2, 0.25) is 0 Å². The van der Waals surface area contributed by atoms with Gasteiger partial charge in [0.15, 0.2) is 0 Å². The Morgan fingerprint density at radius 1 is 1.33 bits per heavy atom. The van der Waals surface area contributed by atoms with Gasteiger partial charge in [0, 0.05) is 9.35 Å². The molecule has 0 radical (unpaired) electrons. The fraction of sp³-hybridized carbons (Fsp3) is 0.714. The van der Waals surface area contributed by atoms with E-state index in [0.717, 1.165) is 40.2 Å². The Balaban J connectivity index is 2.15. The maximum absolute atomic E-state index is 6.04. The van der Waals surface area contributed by atoms with Gasteiger partial charge in [-0.3, -0.25) is 0 Å². The van der Waals surface area contributed by atoms with Crippen LogP contribution in [0.5, 0.6) is 0 Å².